The van der Waals surface area contributed by atoms with Crippen molar-refractivity contribution in [3.8, 4) is 0 Å². The number of amides is 3. The number of halogens is 6. The molecule has 1 aliphatic rings. The highest BCUT2D eigenvalue weighted by Gasteiger charge is 2.38. The first-order chi connectivity index (χ1) is 17.4. The molecule has 1 N–H and O–H groups in total. The van der Waals surface area contributed by atoms with E-state index in [0.717, 1.165) is 18.1 Å². The number of hydrogen-bond acceptors (Lipinski definition) is 4. The van der Waals surface area contributed by atoms with E-state index in [2.05, 4.69) is 0 Å². The second-order valence-electron chi connectivity index (χ2n) is 9.11. The van der Waals surface area contributed by atoms with Gasteiger partial charge in [0.25, 0.3) is 0 Å². The van der Waals surface area contributed by atoms with Crippen molar-refractivity contribution < 1.29 is 44.3 Å². The molecular formula is C24H25F6N3O4S. The molecule has 0 aromatic heterocycles. The molecule has 0 radical (unpaired) electrons. The molecule has 0 bridgehead atoms. The number of anilines is 1. The topological polar surface area (TPSA) is 86.8 Å². The Bertz CT molecular complexity index is 1310. The standard InChI is InChI=1S/C24H25F6N3O4S/c1-14-6-7-19-20(5-4-8-32(21(19)9-14)22(35)31-38(3,36)37)33(15(2)34)13-16-10-17(23(25,26)27)12-18(11-16)24(28,29)30/h6-7,9-12,20H,4-5,8,13H2,1-3H3,(H,31,35). The normalized spacial score (nSPS) is 16.4. The summed E-state index contributed by atoms with van der Waals surface area (Å²) in [4.78, 5) is 27.8. The van der Waals surface area contributed by atoms with E-state index in [0.29, 0.717) is 23.3 Å². The molecule has 2 aromatic rings. The smallest absolute Gasteiger partial charge is 0.331 e. The first kappa shape index (κ1) is 29.3. The lowest BCUT2D eigenvalue weighted by atomic mass is 9.97. The van der Waals surface area contributed by atoms with Gasteiger partial charge in [0.15, 0.2) is 0 Å². The van der Waals surface area contributed by atoms with Crippen LogP contribution >= 0.6 is 0 Å². The number of urea groups is 1. The fourth-order valence-corrected chi connectivity index (χ4v) is 4.81. The Kier molecular flexibility index (Phi) is 8.06. The first-order valence-corrected chi connectivity index (χ1v) is 13.2. The van der Waals surface area contributed by atoms with Crippen LogP contribution < -0.4 is 9.62 Å². The maximum Gasteiger partial charge on any atom is 0.416 e. The molecule has 1 aliphatic heterocycles. The van der Waals surface area contributed by atoms with Crippen LogP contribution in [0.25, 0.3) is 0 Å². The zero-order valence-corrected chi connectivity index (χ0v) is 21.4. The monoisotopic (exact) mass is 565 g/mol. The molecule has 3 amide bonds. The Morgan fingerprint density at radius 3 is 2.11 bits per heavy atom. The number of benzene rings is 2. The van der Waals surface area contributed by atoms with Gasteiger partial charge in [-0.1, -0.05) is 12.1 Å². The Morgan fingerprint density at radius 2 is 1.61 bits per heavy atom. The van der Waals surface area contributed by atoms with E-state index in [-0.39, 0.29) is 36.7 Å². The number of hydrogen-bond donors (Lipinski definition) is 1. The van der Waals surface area contributed by atoms with Gasteiger partial charge in [0.1, 0.15) is 0 Å². The van der Waals surface area contributed by atoms with Crippen LogP contribution in [0.2, 0.25) is 0 Å². The Morgan fingerprint density at radius 1 is 1.03 bits per heavy atom. The van der Waals surface area contributed by atoms with E-state index in [1.54, 1.807) is 25.1 Å². The van der Waals surface area contributed by atoms with Gasteiger partial charge in [-0.05, 0) is 60.7 Å². The summed E-state index contributed by atoms with van der Waals surface area (Å²) in [5, 5.41) is 0. The highest BCUT2D eigenvalue weighted by Crippen LogP contribution is 2.40. The van der Waals surface area contributed by atoms with Crippen LogP contribution in [0.3, 0.4) is 0 Å². The van der Waals surface area contributed by atoms with Crippen LogP contribution in [-0.2, 0) is 33.7 Å². The number of fused-ring (bicyclic) bond motifs is 1. The number of sulfonamides is 1. The van der Waals surface area contributed by atoms with E-state index in [1.165, 1.54) is 4.90 Å². The number of nitrogens with zero attached hydrogens (tertiary/aromatic N) is 2. The molecule has 38 heavy (non-hydrogen) atoms. The van der Waals surface area contributed by atoms with Gasteiger partial charge in [0.2, 0.25) is 15.9 Å². The van der Waals surface area contributed by atoms with Gasteiger partial charge in [-0.3, -0.25) is 9.69 Å². The molecule has 1 atom stereocenters. The average molecular weight is 566 g/mol. The second-order valence-corrected chi connectivity index (χ2v) is 10.9. The highest BCUT2D eigenvalue weighted by atomic mass is 32.2. The van der Waals surface area contributed by atoms with E-state index in [1.807, 2.05) is 4.72 Å². The molecule has 208 valence electrons. The van der Waals surface area contributed by atoms with E-state index < -0.39 is 58.0 Å². The number of rotatable bonds is 4. The van der Waals surface area contributed by atoms with E-state index in [9.17, 15) is 44.3 Å². The minimum absolute atomic E-state index is 0.0175. The van der Waals surface area contributed by atoms with E-state index >= 15 is 0 Å². The molecule has 3 rings (SSSR count). The zero-order chi connectivity index (χ0) is 28.6. The summed E-state index contributed by atoms with van der Waals surface area (Å²) in [6.45, 7) is 2.36. The Balaban J connectivity index is 2.09. The summed E-state index contributed by atoms with van der Waals surface area (Å²) in [5.74, 6) is -0.610. The fraction of sp³-hybridized carbons (Fsp3) is 0.417. The molecular weight excluding hydrogens is 540 g/mol. The van der Waals surface area contributed by atoms with Crippen molar-refractivity contribution in [2.24, 2.45) is 0 Å². The molecule has 0 saturated carbocycles. The average Bonchev–Trinajstić information content (AvgIpc) is 2.94. The highest BCUT2D eigenvalue weighted by molar-refractivity contribution is 7.89. The van der Waals surface area contributed by atoms with Gasteiger partial charge in [0.05, 0.1) is 29.1 Å². The molecule has 0 fully saturated rings. The molecule has 0 spiro atoms. The molecule has 2 aromatic carbocycles. The minimum atomic E-state index is -5.04. The van der Waals surface area contributed by atoms with Crippen molar-refractivity contribution >= 4 is 27.6 Å². The summed E-state index contributed by atoms with van der Waals surface area (Å²) in [7, 11) is -3.90. The molecule has 0 saturated heterocycles. The third kappa shape index (κ3) is 6.97. The van der Waals surface area contributed by atoms with Crippen molar-refractivity contribution in [1.29, 1.82) is 0 Å². The lowest BCUT2D eigenvalue weighted by Gasteiger charge is -2.32. The quantitative estimate of drug-likeness (QED) is 0.504. The van der Waals surface area contributed by atoms with Gasteiger partial charge in [-0.2, -0.15) is 26.3 Å². The summed E-state index contributed by atoms with van der Waals surface area (Å²) in [5.41, 5.74) is -1.98. The first-order valence-electron chi connectivity index (χ1n) is 11.3. The van der Waals surface area contributed by atoms with Crippen molar-refractivity contribution in [1.82, 2.24) is 9.62 Å². The predicted octanol–water partition coefficient (Wildman–Crippen LogP) is 5.39. The summed E-state index contributed by atoms with van der Waals surface area (Å²) in [6.07, 6.45) is -8.81. The maximum absolute atomic E-state index is 13.4. The molecule has 7 nitrogen and oxygen atoms in total. The van der Waals surface area contributed by atoms with E-state index in [4.69, 9.17) is 0 Å². The van der Waals surface area contributed by atoms with Crippen LogP contribution in [-0.4, -0.2) is 38.1 Å². The van der Waals surface area contributed by atoms with Crippen LogP contribution in [0.1, 0.15) is 53.6 Å². The van der Waals surface area contributed by atoms with Gasteiger partial charge in [-0.15, -0.1) is 0 Å². The minimum Gasteiger partial charge on any atom is -0.331 e. The predicted molar refractivity (Wildman–Crippen MR) is 127 cm³/mol. The largest absolute Gasteiger partial charge is 0.416 e. The van der Waals surface area contributed by atoms with Crippen LogP contribution in [0.5, 0.6) is 0 Å². The molecule has 14 heteroatoms. The Labute approximate surface area is 215 Å². The summed E-state index contributed by atoms with van der Waals surface area (Å²) in [6, 6.07) is 4.29. The number of alkyl halides is 6. The summed E-state index contributed by atoms with van der Waals surface area (Å²) < 4.78 is 105. The van der Waals surface area contributed by atoms with Crippen LogP contribution in [0.4, 0.5) is 36.8 Å². The number of carbonyl (C=O) groups is 2. The lowest BCUT2D eigenvalue weighted by molar-refractivity contribution is -0.143. The number of carbonyl (C=O) groups excluding carboxylic acids is 2. The van der Waals surface area contributed by atoms with Gasteiger partial charge >= 0.3 is 18.4 Å². The third-order valence-corrected chi connectivity index (χ3v) is 6.54. The molecule has 1 heterocycles. The summed E-state index contributed by atoms with van der Waals surface area (Å²) >= 11 is 0. The van der Waals surface area contributed by atoms with Gasteiger partial charge in [-0.25, -0.2) is 17.9 Å². The van der Waals surface area contributed by atoms with Crippen LogP contribution in [0, 0.1) is 6.92 Å². The molecule has 1 unspecified atom stereocenters. The maximum atomic E-state index is 13.4. The van der Waals surface area contributed by atoms with Gasteiger partial charge in [0, 0.05) is 20.0 Å². The van der Waals surface area contributed by atoms with Crippen molar-refractivity contribution in [2.75, 3.05) is 17.7 Å². The number of aryl methyl sites for hydroxylation is 1. The van der Waals surface area contributed by atoms with Crippen LogP contribution in [0.15, 0.2) is 36.4 Å². The van der Waals surface area contributed by atoms with Gasteiger partial charge < -0.3 is 4.90 Å². The SMILES string of the molecule is CC(=O)N(Cc1cc(C(F)(F)F)cc(C(F)(F)F)c1)C1CCCN(C(=O)NS(C)(=O)=O)c2cc(C)ccc21. The third-order valence-electron chi connectivity index (χ3n) is 5.99. The second kappa shape index (κ2) is 10.5. The lowest BCUT2D eigenvalue weighted by Crippen LogP contribution is -2.43. The fourth-order valence-electron chi connectivity index (χ4n) is 4.38. The molecule has 0 aliphatic carbocycles. The zero-order valence-electron chi connectivity index (χ0n) is 20.6. The Hall–Kier alpha value is -3.29. The van der Waals surface area contributed by atoms with Crippen molar-refractivity contribution in [3.63, 3.8) is 0 Å². The van der Waals surface area contributed by atoms with Crippen molar-refractivity contribution in [3.05, 3.63) is 64.2 Å². The van der Waals surface area contributed by atoms with Crippen molar-refractivity contribution in [2.45, 2.75) is 51.6 Å². The number of nitrogens with one attached hydrogen (secondary N) is 1.